The molecule has 0 radical (unpaired) electrons. The van der Waals surface area contributed by atoms with Crippen LogP contribution in [0.25, 0.3) is 0 Å². The van der Waals surface area contributed by atoms with E-state index in [0.717, 1.165) is 0 Å². The molecule has 1 atom stereocenters. The summed E-state index contributed by atoms with van der Waals surface area (Å²) >= 11 is 6.48. The van der Waals surface area contributed by atoms with Crippen LogP contribution in [0.4, 0.5) is 5.69 Å². The lowest BCUT2D eigenvalue weighted by molar-refractivity contribution is -0.120. The van der Waals surface area contributed by atoms with Crippen LogP contribution in [0.5, 0.6) is 0 Å². The maximum Gasteiger partial charge on any atom is 0.337 e. The Balaban J connectivity index is 2.23. The molecule has 1 fully saturated rings. The molecule has 1 aliphatic heterocycles. The van der Waals surface area contributed by atoms with Gasteiger partial charge in [0.25, 0.3) is 0 Å². The third-order valence-corrected chi connectivity index (χ3v) is 3.86. The summed E-state index contributed by atoms with van der Waals surface area (Å²) in [5, 5.41) is 14.8. The van der Waals surface area contributed by atoms with Crippen molar-refractivity contribution in [2.24, 2.45) is 0 Å². The number of nitrogens with one attached hydrogen (secondary N) is 2. The van der Waals surface area contributed by atoms with E-state index in [1.54, 1.807) is 6.07 Å². The Labute approximate surface area is 132 Å². The van der Waals surface area contributed by atoms with Crippen LogP contribution in [0.2, 0.25) is 0 Å². The van der Waals surface area contributed by atoms with Gasteiger partial charge in [0.05, 0.1) is 24.5 Å². The molecule has 6 nitrogen and oxygen atoms in total. The average Bonchev–Trinajstić information content (AvgIpc) is 2.42. The van der Waals surface area contributed by atoms with Gasteiger partial charge in [-0.25, -0.2) is 4.79 Å². The van der Waals surface area contributed by atoms with Gasteiger partial charge in [0, 0.05) is 15.5 Å². The van der Waals surface area contributed by atoms with E-state index in [2.05, 4.69) is 42.5 Å². The van der Waals surface area contributed by atoms with Gasteiger partial charge in [-0.05, 0) is 28.1 Å². The maximum absolute atomic E-state index is 12.1. The molecule has 1 aliphatic rings. The minimum Gasteiger partial charge on any atom is -0.478 e. The number of anilines is 1. The van der Waals surface area contributed by atoms with E-state index >= 15 is 0 Å². The first-order valence-corrected chi connectivity index (χ1v) is 7.42. The van der Waals surface area contributed by atoms with Crippen molar-refractivity contribution in [3.63, 3.8) is 0 Å². The standard InChI is InChI=1S/C12H12Br2N2O4/c13-6-3-7(12(18)19)10(8(14)4-6)16-11(17)9-5-20-2-1-15-9/h3-4,9,15H,1-2,5H2,(H,16,17)(H,18,19). The number of morpholine rings is 1. The molecule has 0 bridgehead atoms. The van der Waals surface area contributed by atoms with Gasteiger partial charge < -0.3 is 20.5 Å². The summed E-state index contributed by atoms with van der Waals surface area (Å²) in [4.78, 5) is 23.4. The first kappa shape index (κ1) is 15.4. The van der Waals surface area contributed by atoms with Crippen LogP contribution < -0.4 is 10.6 Å². The molecule has 3 N–H and O–H groups in total. The Morgan fingerprint density at radius 3 is 2.75 bits per heavy atom. The highest BCUT2D eigenvalue weighted by Crippen LogP contribution is 2.31. The molecule has 0 aliphatic carbocycles. The van der Waals surface area contributed by atoms with Gasteiger partial charge in [0.15, 0.2) is 0 Å². The van der Waals surface area contributed by atoms with E-state index < -0.39 is 12.0 Å². The lowest BCUT2D eigenvalue weighted by Crippen LogP contribution is -2.49. The average molecular weight is 408 g/mol. The summed E-state index contributed by atoms with van der Waals surface area (Å²) < 4.78 is 6.31. The normalized spacial score (nSPS) is 18.6. The number of carbonyl (C=O) groups is 2. The summed E-state index contributed by atoms with van der Waals surface area (Å²) in [5.74, 6) is -1.44. The van der Waals surface area contributed by atoms with Gasteiger partial charge in [-0.2, -0.15) is 0 Å². The van der Waals surface area contributed by atoms with E-state index in [1.807, 2.05) is 0 Å². The van der Waals surface area contributed by atoms with Crippen LogP contribution in [-0.4, -0.2) is 42.8 Å². The first-order valence-electron chi connectivity index (χ1n) is 5.83. The number of rotatable bonds is 3. The third kappa shape index (κ3) is 3.57. The van der Waals surface area contributed by atoms with E-state index in [1.165, 1.54) is 6.07 Å². The SMILES string of the molecule is O=C(O)c1cc(Br)cc(Br)c1NC(=O)C1COCCN1. The van der Waals surface area contributed by atoms with Crippen molar-refractivity contribution < 1.29 is 19.4 Å². The zero-order valence-corrected chi connectivity index (χ0v) is 13.5. The monoisotopic (exact) mass is 406 g/mol. The lowest BCUT2D eigenvalue weighted by atomic mass is 10.1. The lowest BCUT2D eigenvalue weighted by Gasteiger charge is -2.23. The molecule has 20 heavy (non-hydrogen) atoms. The van der Waals surface area contributed by atoms with Crippen molar-refractivity contribution in [3.8, 4) is 0 Å². The van der Waals surface area contributed by atoms with Gasteiger partial charge in [-0.1, -0.05) is 15.9 Å². The smallest absolute Gasteiger partial charge is 0.337 e. The number of carboxylic acids is 1. The second-order valence-corrected chi connectivity index (χ2v) is 5.96. The van der Waals surface area contributed by atoms with Crippen molar-refractivity contribution in [1.82, 2.24) is 5.32 Å². The van der Waals surface area contributed by atoms with Crippen LogP contribution in [0, 0.1) is 0 Å². The molecule has 2 rings (SSSR count). The fraction of sp³-hybridized carbons (Fsp3) is 0.333. The number of carboxylic acid groups (broad SMARTS) is 1. The van der Waals surface area contributed by atoms with Gasteiger partial charge in [-0.15, -0.1) is 0 Å². The fourth-order valence-electron chi connectivity index (χ4n) is 1.81. The van der Waals surface area contributed by atoms with Crippen molar-refractivity contribution >= 4 is 49.4 Å². The van der Waals surface area contributed by atoms with E-state index in [9.17, 15) is 14.7 Å². The highest BCUT2D eigenvalue weighted by atomic mass is 79.9. The van der Waals surface area contributed by atoms with Gasteiger partial charge >= 0.3 is 5.97 Å². The molecule has 1 unspecified atom stereocenters. The number of amides is 1. The fourth-order valence-corrected chi connectivity index (χ4v) is 3.14. The van der Waals surface area contributed by atoms with Crippen LogP contribution >= 0.6 is 31.9 Å². The molecule has 1 saturated heterocycles. The predicted octanol–water partition coefficient (Wildman–Crippen LogP) is 1.84. The van der Waals surface area contributed by atoms with E-state index in [0.29, 0.717) is 22.1 Å². The molecule has 1 heterocycles. The summed E-state index contributed by atoms with van der Waals surface area (Å²) in [6.45, 7) is 1.42. The molecule has 0 spiro atoms. The van der Waals surface area contributed by atoms with Crippen LogP contribution in [0.1, 0.15) is 10.4 Å². The minimum absolute atomic E-state index is 0.0105. The third-order valence-electron chi connectivity index (χ3n) is 2.77. The highest BCUT2D eigenvalue weighted by molar-refractivity contribution is 9.11. The summed E-state index contributed by atoms with van der Waals surface area (Å²) in [6, 6.07) is 2.63. The topological polar surface area (TPSA) is 87.7 Å². The zero-order valence-electron chi connectivity index (χ0n) is 10.3. The Hall–Kier alpha value is -0.960. The maximum atomic E-state index is 12.1. The van der Waals surface area contributed by atoms with Gasteiger partial charge in [0.1, 0.15) is 6.04 Å². The van der Waals surface area contributed by atoms with Gasteiger partial charge in [0.2, 0.25) is 5.91 Å². The van der Waals surface area contributed by atoms with Crippen molar-refractivity contribution in [2.45, 2.75) is 6.04 Å². The number of ether oxygens (including phenoxy) is 1. The van der Waals surface area contributed by atoms with Crippen molar-refractivity contribution in [3.05, 3.63) is 26.6 Å². The number of benzene rings is 1. The molecule has 1 aromatic rings. The first-order chi connectivity index (χ1) is 9.49. The molecule has 1 amide bonds. The molecule has 108 valence electrons. The molecular formula is C12H12Br2N2O4. The number of aromatic carboxylic acids is 1. The van der Waals surface area contributed by atoms with E-state index in [4.69, 9.17) is 4.74 Å². The minimum atomic E-state index is -1.12. The highest BCUT2D eigenvalue weighted by Gasteiger charge is 2.24. The second-order valence-electron chi connectivity index (χ2n) is 4.19. The molecule has 1 aromatic carbocycles. The van der Waals surface area contributed by atoms with Crippen LogP contribution in [-0.2, 0) is 9.53 Å². The Morgan fingerprint density at radius 2 is 2.15 bits per heavy atom. The van der Waals surface area contributed by atoms with Gasteiger partial charge in [-0.3, -0.25) is 4.79 Å². The second kappa shape index (κ2) is 6.66. The number of hydrogen-bond acceptors (Lipinski definition) is 4. The Bertz CT molecular complexity index is 545. The molecule has 0 aromatic heterocycles. The number of halogens is 2. The summed E-state index contributed by atoms with van der Waals surface area (Å²) in [6.07, 6.45) is 0. The largest absolute Gasteiger partial charge is 0.478 e. The molecule has 8 heteroatoms. The Morgan fingerprint density at radius 1 is 1.40 bits per heavy atom. The van der Waals surface area contributed by atoms with Crippen LogP contribution in [0.15, 0.2) is 21.1 Å². The molecule has 0 saturated carbocycles. The van der Waals surface area contributed by atoms with Crippen molar-refractivity contribution in [2.75, 3.05) is 25.1 Å². The number of hydrogen-bond donors (Lipinski definition) is 3. The quantitative estimate of drug-likeness (QED) is 0.711. The Kier molecular flexibility index (Phi) is 5.14. The van der Waals surface area contributed by atoms with Crippen LogP contribution in [0.3, 0.4) is 0 Å². The zero-order chi connectivity index (χ0) is 14.7. The number of carbonyl (C=O) groups excluding carboxylic acids is 1. The summed E-state index contributed by atoms with van der Waals surface area (Å²) in [7, 11) is 0. The molecular weight excluding hydrogens is 396 g/mol. The summed E-state index contributed by atoms with van der Waals surface area (Å²) in [5.41, 5.74) is 0.245. The predicted molar refractivity (Wildman–Crippen MR) is 80.0 cm³/mol. The van der Waals surface area contributed by atoms with Crippen molar-refractivity contribution in [1.29, 1.82) is 0 Å². The van der Waals surface area contributed by atoms with E-state index in [-0.39, 0.29) is 23.8 Å².